The molecule has 1 radical (unpaired) electrons. The lowest BCUT2D eigenvalue weighted by molar-refractivity contribution is 1.49. The highest BCUT2D eigenvalue weighted by Crippen LogP contribution is 2.11. The Hall–Kier alpha value is -0.546. The largest absolute Gasteiger partial charge is 0.399 e. The molecule has 1 nitrogen and oxygen atoms in total. The zero-order valence-electron chi connectivity index (χ0n) is 9.81. The Kier molecular flexibility index (Phi) is 3.22. The van der Waals surface area contributed by atoms with Gasteiger partial charge in [0.1, 0.15) is 0 Å². The van der Waals surface area contributed by atoms with Crippen molar-refractivity contribution in [1.82, 2.24) is 0 Å². The molecule has 0 aliphatic carbocycles. The van der Waals surface area contributed by atoms with Crippen LogP contribution in [-0.2, 0) is 0 Å². The molecule has 0 saturated carbocycles. The molecule has 0 atom stereocenters. The van der Waals surface area contributed by atoms with Gasteiger partial charge >= 0.3 is 0 Å². The minimum absolute atomic E-state index is 0.338. The van der Waals surface area contributed by atoms with Gasteiger partial charge < -0.3 is 5.73 Å². The molecule has 0 saturated heterocycles. The van der Waals surface area contributed by atoms with Crippen molar-refractivity contribution in [3.8, 4) is 0 Å². The van der Waals surface area contributed by atoms with E-state index in [0.29, 0.717) is 0 Å². The molecular formula is C11H20NSi2. The number of nitrogens with two attached hydrogens (primary N) is 1. The minimum Gasteiger partial charge on any atom is -0.399 e. The first-order valence-corrected chi connectivity index (χ1v) is 11.5. The van der Waals surface area contributed by atoms with E-state index < -0.39 is 7.59 Å². The smallest absolute Gasteiger partial charge is 0.0738 e. The fourth-order valence-electron chi connectivity index (χ4n) is 1.34. The summed E-state index contributed by atoms with van der Waals surface area (Å²) in [6, 6.07) is 6.55. The molecule has 0 spiro atoms. The van der Waals surface area contributed by atoms with Gasteiger partial charge in [-0.05, 0) is 18.6 Å². The summed E-state index contributed by atoms with van der Waals surface area (Å²) in [5.41, 5.74) is 7.96. The molecule has 0 unspecified atom stereocenters. The molecular weight excluding hydrogens is 202 g/mol. The fraction of sp³-hybridized carbons (Fsp3) is 0.455. The molecule has 0 heterocycles. The second-order valence-electron chi connectivity index (χ2n) is 4.95. The van der Waals surface area contributed by atoms with Gasteiger partial charge in [-0.3, -0.25) is 0 Å². The topological polar surface area (TPSA) is 26.0 Å². The van der Waals surface area contributed by atoms with Crippen molar-refractivity contribution in [2.45, 2.75) is 33.1 Å². The van der Waals surface area contributed by atoms with E-state index in [4.69, 9.17) is 5.73 Å². The van der Waals surface area contributed by atoms with Gasteiger partial charge in [0.25, 0.3) is 0 Å². The van der Waals surface area contributed by atoms with Crippen LogP contribution in [0.5, 0.6) is 0 Å². The summed E-state index contributed by atoms with van der Waals surface area (Å²) < 4.78 is 0. The second kappa shape index (κ2) is 3.91. The maximum absolute atomic E-state index is 5.82. The lowest BCUT2D eigenvalue weighted by atomic mass is 10.2. The second-order valence-corrected chi connectivity index (χ2v) is 18.0. The van der Waals surface area contributed by atoms with E-state index in [9.17, 15) is 0 Å². The van der Waals surface area contributed by atoms with Crippen LogP contribution >= 0.6 is 0 Å². The van der Waals surface area contributed by atoms with Gasteiger partial charge in [-0.2, -0.15) is 0 Å². The van der Waals surface area contributed by atoms with Crippen molar-refractivity contribution >= 4 is 26.8 Å². The van der Waals surface area contributed by atoms with Crippen LogP contribution in [0, 0.1) is 6.92 Å². The summed E-state index contributed by atoms with van der Waals surface area (Å²) in [5.74, 6) is 0. The lowest BCUT2D eigenvalue weighted by Gasteiger charge is -2.24. The molecule has 0 amide bonds. The fourth-order valence-corrected chi connectivity index (χ4v) is 6.04. The van der Waals surface area contributed by atoms with Crippen LogP contribution in [0.25, 0.3) is 0 Å². The Labute approximate surface area is 89.7 Å². The number of anilines is 1. The number of nitrogen functional groups attached to an aromatic ring is 1. The predicted molar refractivity (Wildman–Crippen MR) is 70.2 cm³/mol. The van der Waals surface area contributed by atoms with Crippen molar-refractivity contribution in [2.24, 2.45) is 0 Å². The van der Waals surface area contributed by atoms with Crippen LogP contribution in [0.2, 0.25) is 26.2 Å². The average molecular weight is 222 g/mol. The van der Waals surface area contributed by atoms with E-state index in [1.165, 1.54) is 5.56 Å². The Morgan fingerprint density at radius 2 is 1.79 bits per heavy atom. The average Bonchev–Trinajstić information content (AvgIpc) is 2.07. The third kappa shape index (κ3) is 2.48. The van der Waals surface area contributed by atoms with E-state index in [-0.39, 0.29) is 8.31 Å². The van der Waals surface area contributed by atoms with E-state index >= 15 is 0 Å². The highest BCUT2D eigenvalue weighted by atomic mass is 29.2. The highest BCUT2D eigenvalue weighted by Gasteiger charge is 2.25. The summed E-state index contributed by atoms with van der Waals surface area (Å²) in [6.45, 7) is 11.9. The first-order valence-electron chi connectivity index (χ1n) is 5.03. The van der Waals surface area contributed by atoms with Crippen LogP contribution in [0.15, 0.2) is 18.2 Å². The summed E-state index contributed by atoms with van der Waals surface area (Å²) in [5, 5.41) is 1.54. The summed E-state index contributed by atoms with van der Waals surface area (Å²) in [7, 11) is -1.32. The van der Waals surface area contributed by atoms with E-state index in [1.807, 2.05) is 0 Å². The predicted octanol–water partition coefficient (Wildman–Crippen LogP) is 2.33. The maximum atomic E-state index is 5.82. The Bertz CT molecular complexity index is 329. The summed E-state index contributed by atoms with van der Waals surface area (Å²) in [6.07, 6.45) is 0. The molecule has 1 rings (SSSR count). The number of aryl methyl sites for hydroxylation is 1. The summed E-state index contributed by atoms with van der Waals surface area (Å²) in [4.78, 5) is 0. The molecule has 3 heteroatoms. The van der Waals surface area contributed by atoms with Gasteiger partial charge in [-0.1, -0.05) is 43.5 Å². The maximum Gasteiger partial charge on any atom is 0.0738 e. The first-order chi connectivity index (χ1) is 6.32. The van der Waals surface area contributed by atoms with Crippen molar-refractivity contribution in [2.75, 3.05) is 5.73 Å². The Balaban J connectivity index is 3.03. The van der Waals surface area contributed by atoms with Crippen LogP contribution in [0.4, 0.5) is 5.69 Å². The third-order valence-corrected chi connectivity index (χ3v) is 13.9. The number of rotatable bonds is 2. The zero-order chi connectivity index (χ0) is 10.9. The Morgan fingerprint density at radius 1 is 1.21 bits per heavy atom. The standard InChI is InChI=1S/C11H20NSi2/c1-9-8-10(6-7-11(9)12)13(2)14(3,4)5/h6-8H,12H2,1-5H3. The van der Waals surface area contributed by atoms with Gasteiger partial charge in [-0.25, -0.2) is 0 Å². The van der Waals surface area contributed by atoms with Crippen molar-refractivity contribution in [1.29, 1.82) is 0 Å². The number of benzene rings is 1. The zero-order valence-corrected chi connectivity index (χ0v) is 11.8. The highest BCUT2D eigenvalue weighted by molar-refractivity contribution is 7.36. The van der Waals surface area contributed by atoms with Gasteiger partial charge in [-0.15, -0.1) is 0 Å². The van der Waals surface area contributed by atoms with Gasteiger partial charge in [0, 0.05) is 13.3 Å². The normalized spacial score (nSPS) is 12.1. The third-order valence-electron chi connectivity index (χ3n) is 2.83. The molecule has 0 fully saturated rings. The molecule has 77 valence electrons. The van der Waals surface area contributed by atoms with Crippen LogP contribution in [0.3, 0.4) is 0 Å². The molecule has 0 aliphatic rings. The van der Waals surface area contributed by atoms with E-state index in [2.05, 4.69) is 51.3 Å². The quantitative estimate of drug-likeness (QED) is 0.603. The first kappa shape index (κ1) is 11.5. The molecule has 1 aromatic rings. The van der Waals surface area contributed by atoms with Gasteiger partial charge in [0.2, 0.25) is 0 Å². The van der Waals surface area contributed by atoms with Crippen LogP contribution in [0.1, 0.15) is 5.56 Å². The van der Waals surface area contributed by atoms with Crippen molar-refractivity contribution < 1.29 is 0 Å². The number of hydrogen-bond donors (Lipinski definition) is 1. The van der Waals surface area contributed by atoms with Crippen molar-refractivity contribution in [3.63, 3.8) is 0 Å². The molecule has 0 aliphatic heterocycles. The van der Waals surface area contributed by atoms with Crippen molar-refractivity contribution in [3.05, 3.63) is 23.8 Å². The van der Waals surface area contributed by atoms with E-state index in [1.54, 1.807) is 5.19 Å². The van der Waals surface area contributed by atoms with Crippen LogP contribution < -0.4 is 10.9 Å². The Morgan fingerprint density at radius 3 is 2.21 bits per heavy atom. The molecule has 0 bridgehead atoms. The van der Waals surface area contributed by atoms with Gasteiger partial charge in [0.15, 0.2) is 0 Å². The molecule has 1 aromatic carbocycles. The lowest BCUT2D eigenvalue weighted by Crippen LogP contribution is -2.49. The van der Waals surface area contributed by atoms with E-state index in [0.717, 1.165) is 5.69 Å². The monoisotopic (exact) mass is 222 g/mol. The van der Waals surface area contributed by atoms with Gasteiger partial charge in [0.05, 0.1) is 8.31 Å². The summed E-state index contributed by atoms with van der Waals surface area (Å²) >= 11 is 0. The molecule has 14 heavy (non-hydrogen) atoms. The van der Waals surface area contributed by atoms with Crippen LogP contribution in [-0.4, -0.2) is 15.9 Å². The number of hydrogen-bond acceptors (Lipinski definition) is 1. The SMILES string of the molecule is Cc1cc([Si](C)[Si](C)(C)C)ccc1N. The minimum atomic E-state index is -0.981. The molecule has 2 N–H and O–H groups in total. The molecule has 0 aromatic heterocycles.